The van der Waals surface area contributed by atoms with Crippen molar-refractivity contribution in [2.75, 3.05) is 17.4 Å². The van der Waals surface area contributed by atoms with Crippen LogP contribution in [0.2, 0.25) is 5.02 Å². The zero-order valence-electron chi connectivity index (χ0n) is 23.0. The van der Waals surface area contributed by atoms with Gasteiger partial charge in [-0.1, -0.05) is 84.4 Å². The van der Waals surface area contributed by atoms with Crippen LogP contribution >= 0.6 is 11.6 Å². The van der Waals surface area contributed by atoms with Gasteiger partial charge in [0.05, 0.1) is 10.6 Å². The van der Waals surface area contributed by atoms with Crippen LogP contribution in [0.1, 0.15) is 18.1 Å². The Bertz CT molecular complexity index is 1620. The number of sulfonamides is 1. The average molecular weight is 608 g/mol. The van der Waals surface area contributed by atoms with Crippen molar-refractivity contribution in [2.45, 2.75) is 30.8 Å². The molecular formula is C32H31ClFN3O4S. The lowest BCUT2D eigenvalue weighted by Gasteiger charge is -2.34. The van der Waals surface area contributed by atoms with Gasteiger partial charge < -0.3 is 10.2 Å². The van der Waals surface area contributed by atoms with Gasteiger partial charge in [0.25, 0.3) is 10.0 Å². The highest BCUT2D eigenvalue weighted by molar-refractivity contribution is 7.92. The number of anilines is 1. The summed E-state index contributed by atoms with van der Waals surface area (Å²) in [4.78, 5) is 28.9. The SMILES string of the molecule is CCNC(=O)C(Cc1ccccc1)N(Cc1cccc(Cl)c1)C(=O)CN(c1ccccc1F)S(=O)(=O)c1ccccc1. The van der Waals surface area contributed by atoms with Crippen LogP contribution < -0.4 is 9.62 Å². The summed E-state index contributed by atoms with van der Waals surface area (Å²) in [6.45, 7) is 1.31. The fraction of sp³-hybridized carbons (Fsp3) is 0.188. The van der Waals surface area contributed by atoms with Crippen LogP contribution in [0.25, 0.3) is 0 Å². The minimum absolute atomic E-state index is 0.0372. The molecule has 0 bridgehead atoms. The fourth-order valence-corrected chi connectivity index (χ4v) is 6.22. The molecular weight excluding hydrogens is 577 g/mol. The Morgan fingerprint density at radius 1 is 0.857 bits per heavy atom. The number of halogens is 2. The van der Waals surface area contributed by atoms with Crippen LogP contribution in [-0.2, 0) is 32.6 Å². The minimum Gasteiger partial charge on any atom is -0.355 e. The third-order valence-electron chi connectivity index (χ3n) is 6.60. The number of amides is 2. The molecule has 1 unspecified atom stereocenters. The number of benzene rings is 4. The molecule has 0 saturated heterocycles. The van der Waals surface area contributed by atoms with Gasteiger partial charge >= 0.3 is 0 Å². The summed E-state index contributed by atoms with van der Waals surface area (Å²) in [7, 11) is -4.38. The second kappa shape index (κ2) is 14.1. The molecule has 4 aromatic carbocycles. The molecule has 10 heteroatoms. The number of hydrogen-bond donors (Lipinski definition) is 1. The van der Waals surface area contributed by atoms with Crippen molar-refractivity contribution in [2.24, 2.45) is 0 Å². The lowest BCUT2D eigenvalue weighted by atomic mass is 10.0. The Labute approximate surface area is 250 Å². The van der Waals surface area contributed by atoms with Crippen LogP contribution in [0.4, 0.5) is 10.1 Å². The number of hydrogen-bond acceptors (Lipinski definition) is 4. The molecule has 0 aliphatic heterocycles. The molecule has 0 saturated carbocycles. The molecule has 4 aromatic rings. The lowest BCUT2D eigenvalue weighted by Crippen LogP contribution is -2.53. The van der Waals surface area contributed by atoms with Crippen molar-refractivity contribution in [3.8, 4) is 0 Å². The molecule has 0 spiro atoms. The summed E-state index contributed by atoms with van der Waals surface area (Å²) in [6, 6.07) is 27.9. The molecule has 4 rings (SSSR count). The summed E-state index contributed by atoms with van der Waals surface area (Å²) in [5.41, 5.74) is 1.16. The second-order valence-corrected chi connectivity index (χ2v) is 11.8. The van der Waals surface area contributed by atoms with Crippen molar-refractivity contribution in [1.82, 2.24) is 10.2 Å². The predicted octanol–water partition coefficient (Wildman–Crippen LogP) is 5.45. The minimum atomic E-state index is -4.38. The van der Waals surface area contributed by atoms with Crippen molar-refractivity contribution in [1.29, 1.82) is 0 Å². The van der Waals surface area contributed by atoms with E-state index in [0.717, 1.165) is 15.9 Å². The standard InChI is InChI=1S/C32H31ClFN3O4S/c1-2-35-32(39)30(21-24-12-5-3-6-13-24)36(22-25-14-11-15-26(33)20-25)31(38)23-37(29-19-10-9-18-28(29)34)42(40,41)27-16-7-4-8-17-27/h3-20,30H,2,21-23H2,1H3,(H,35,39). The van der Waals surface area contributed by atoms with Gasteiger partial charge in [-0.15, -0.1) is 0 Å². The van der Waals surface area contributed by atoms with Crippen molar-refractivity contribution in [3.05, 3.63) is 131 Å². The Morgan fingerprint density at radius 2 is 1.48 bits per heavy atom. The van der Waals surface area contributed by atoms with Gasteiger partial charge in [-0.2, -0.15) is 0 Å². The van der Waals surface area contributed by atoms with Gasteiger partial charge in [0.1, 0.15) is 18.4 Å². The van der Waals surface area contributed by atoms with Crippen molar-refractivity contribution >= 4 is 39.1 Å². The number of likely N-dealkylation sites (N-methyl/N-ethyl adjacent to an activating group) is 1. The maximum Gasteiger partial charge on any atom is 0.264 e. The van der Waals surface area contributed by atoms with Crippen LogP contribution in [0.15, 0.2) is 114 Å². The number of carbonyl (C=O) groups excluding carboxylic acids is 2. The molecule has 0 radical (unpaired) electrons. The first-order chi connectivity index (χ1) is 20.2. The van der Waals surface area contributed by atoms with E-state index in [-0.39, 0.29) is 23.5 Å². The summed E-state index contributed by atoms with van der Waals surface area (Å²) >= 11 is 6.23. The van der Waals surface area contributed by atoms with Crippen molar-refractivity contribution in [3.63, 3.8) is 0 Å². The van der Waals surface area contributed by atoms with Crippen LogP contribution in [-0.4, -0.2) is 44.3 Å². The van der Waals surface area contributed by atoms with E-state index in [4.69, 9.17) is 11.6 Å². The maximum absolute atomic E-state index is 15.1. The molecule has 0 aliphatic rings. The molecule has 0 aromatic heterocycles. The Hall–Kier alpha value is -4.21. The Morgan fingerprint density at radius 3 is 2.12 bits per heavy atom. The molecule has 0 fully saturated rings. The molecule has 7 nitrogen and oxygen atoms in total. The van der Waals surface area contributed by atoms with Crippen LogP contribution in [0.3, 0.4) is 0 Å². The molecule has 1 N–H and O–H groups in total. The maximum atomic E-state index is 15.1. The van der Waals surface area contributed by atoms with E-state index < -0.39 is 40.2 Å². The van der Waals surface area contributed by atoms with Gasteiger partial charge in [0.15, 0.2) is 0 Å². The number of carbonyl (C=O) groups is 2. The highest BCUT2D eigenvalue weighted by Gasteiger charge is 2.35. The van der Waals surface area contributed by atoms with Gasteiger partial charge in [-0.05, 0) is 54.4 Å². The summed E-state index contributed by atoms with van der Waals surface area (Å²) < 4.78 is 43.5. The van der Waals surface area contributed by atoms with E-state index in [1.807, 2.05) is 30.3 Å². The van der Waals surface area contributed by atoms with E-state index in [2.05, 4.69) is 5.32 Å². The van der Waals surface area contributed by atoms with E-state index in [1.54, 1.807) is 49.4 Å². The molecule has 218 valence electrons. The first kappa shape index (κ1) is 30.7. The van der Waals surface area contributed by atoms with E-state index >= 15 is 4.39 Å². The molecule has 2 amide bonds. The second-order valence-electron chi connectivity index (χ2n) is 9.53. The first-order valence-electron chi connectivity index (χ1n) is 13.4. The zero-order chi connectivity index (χ0) is 30.1. The van der Waals surface area contributed by atoms with Crippen LogP contribution in [0, 0.1) is 5.82 Å². The summed E-state index contributed by atoms with van der Waals surface area (Å²) in [5.74, 6) is -1.90. The number of nitrogens with zero attached hydrogens (tertiary/aromatic N) is 2. The predicted molar refractivity (Wildman–Crippen MR) is 162 cm³/mol. The molecule has 0 aliphatic carbocycles. The third-order valence-corrected chi connectivity index (χ3v) is 8.60. The van der Waals surface area contributed by atoms with Gasteiger partial charge in [-0.25, -0.2) is 12.8 Å². The van der Waals surface area contributed by atoms with E-state index in [9.17, 15) is 18.0 Å². The largest absolute Gasteiger partial charge is 0.355 e. The van der Waals surface area contributed by atoms with E-state index in [1.165, 1.54) is 35.2 Å². The summed E-state index contributed by atoms with van der Waals surface area (Å²) in [5, 5.41) is 3.24. The summed E-state index contributed by atoms with van der Waals surface area (Å²) in [6.07, 6.45) is 0.171. The first-order valence-corrected chi connectivity index (χ1v) is 15.2. The highest BCUT2D eigenvalue weighted by atomic mass is 35.5. The fourth-order valence-electron chi connectivity index (χ4n) is 4.57. The Kier molecular flexibility index (Phi) is 10.3. The Balaban J connectivity index is 1.80. The topological polar surface area (TPSA) is 86.8 Å². The molecule has 42 heavy (non-hydrogen) atoms. The molecule has 0 heterocycles. The monoisotopic (exact) mass is 607 g/mol. The normalized spacial score (nSPS) is 11.9. The number of rotatable bonds is 12. The number of nitrogens with one attached hydrogen (secondary N) is 1. The smallest absolute Gasteiger partial charge is 0.264 e. The molecule has 1 atom stereocenters. The highest BCUT2D eigenvalue weighted by Crippen LogP contribution is 2.27. The average Bonchev–Trinajstić information content (AvgIpc) is 2.99. The van der Waals surface area contributed by atoms with Crippen molar-refractivity contribution < 1.29 is 22.4 Å². The van der Waals surface area contributed by atoms with Gasteiger partial charge in [-0.3, -0.25) is 13.9 Å². The van der Waals surface area contributed by atoms with E-state index in [0.29, 0.717) is 17.1 Å². The third kappa shape index (κ3) is 7.54. The lowest BCUT2D eigenvalue weighted by molar-refractivity contribution is -0.140. The van der Waals surface area contributed by atoms with Gasteiger partial charge in [0, 0.05) is 24.5 Å². The zero-order valence-corrected chi connectivity index (χ0v) is 24.6. The quantitative estimate of drug-likeness (QED) is 0.232. The van der Waals surface area contributed by atoms with Gasteiger partial charge in [0.2, 0.25) is 11.8 Å². The number of para-hydroxylation sites is 1. The van der Waals surface area contributed by atoms with Crippen LogP contribution in [0.5, 0.6) is 0 Å².